The van der Waals surface area contributed by atoms with Crippen LogP contribution in [0.3, 0.4) is 0 Å². The minimum absolute atomic E-state index is 0.103. The summed E-state index contributed by atoms with van der Waals surface area (Å²) in [6.45, 7) is 1.48. The summed E-state index contributed by atoms with van der Waals surface area (Å²) in [5.41, 5.74) is 7.26. The van der Waals surface area contributed by atoms with E-state index < -0.39 is 24.4 Å². The first-order valence-corrected chi connectivity index (χ1v) is 7.72. The quantitative estimate of drug-likeness (QED) is 0.789. The Bertz CT molecular complexity index is 739. The summed E-state index contributed by atoms with van der Waals surface area (Å²) in [6.07, 6.45) is 0.103. The highest BCUT2D eigenvalue weighted by Crippen LogP contribution is 2.22. The zero-order chi connectivity index (χ0) is 16.8. The van der Waals surface area contributed by atoms with Gasteiger partial charge in [-0.05, 0) is 29.5 Å². The van der Waals surface area contributed by atoms with Crippen LogP contribution in [0, 0.1) is 6.92 Å². The number of rotatable bonds is 6. The molecule has 0 fully saturated rings. The first-order chi connectivity index (χ1) is 11.0. The SMILES string of the molecule is Cc1ccccc1CC(=O)OCC(=O)Nc1sccc1C(N)=O. The Balaban J connectivity index is 1.84. The summed E-state index contributed by atoms with van der Waals surface area (Å²) >= 11 is 1.17. The molecule has 0 saturated heterocycles. The van der Waals surface area contributed by atoms with E-state index in [1.165, 1.54) is 17.4 Å². The predicted octanol–water partition coefficient (Wildman–Crippen LogP) is 1.88. The van der Waals surface area contributed by atoms with E-state index in [-0.39, 0.29) is 12.0 Å². The largest absolute Gasteiger partial charge is 0.455 e. The number of amides is 2. The molecule has 3 N–H and O–H groups in total. The molecule has 0 bridgehead atoms. The number of benzene rings is 1. The van der Waals surface area contributed by atoms with Gasteiger partial charge in [0.05, 0.1) is 12.0 Å². The van der Waals surface area contributed by atoms with E-state index in [4.69, 9.17) is 10.5 Å². The number of primary amides is 1. The molecule has 0 aliphatic heterocycles. The molecule has 7 heteroatoms. The molecule has 0 saturated carbocycles. The van der Waals surface area contributed by atoms with E-state index in [0.717, 1.165) is 11.1 Å². The van der Waals surface area contributed by atoms with E-state index in [0.29, 0.717) is 5.00 Å². The number of esters is 1. The molecule has 0 spiro atoms. The van der Waals surface area contributed by atoms with Gasteiger partial charge in [0.15, 0.2) is 6.61 Å². The van der Waals surface area contributed by atoms with Gasteiger partial charge in [-0.2, -0.15) is 0 Å². The second-order valence-electron chi connectivity index (χ2n) is 4.84. The third-order valence-corrected chi connectivity index (χ3v) is 3.97. The molecule has 23 heavy (non-hydrogen) atoms. The average Bonchev–Trinajstić information content (AvgIpc) is 2.96. The van der Waals surface area contributed by atoms with Crippen LogP contribution in [0.25, 0.3) is 0 Å². The number of aryl methyl sites for hydroxylation is 1. The van der Waals surface area contributed by atoms with E-state index in [1.54, 1.807) is 5.38 Å². The fraction of sp³-hybridized carbons (Fsp3) is 0.188. The van der Waals surface area contributed by atoms with E-state index in [2.05, 4.69) is 5.32 Å². The summed E-state index contributed by atoms with van der Waals surface area (Å²) in [7, 11) is 0. The molecule has 0 aliphatic rings. The fourth-order valence-corrected chi connectivity index (χ4v) is 2.73. The van der Waals surface area contributed by atoms with Gasteiger partial charge in [0.1, 0.15) is 5.00 Å². The zero-order valence-electron chi connectivity index (χ0n) is 12.5. The summed E-state index contributed by atoms with van der Waals surface area (Å²) < 4.78 is 4.95. The minimum Gasteiger partial charge on any atom is -0.455 e. The fourth-order valence-electron chi connectivity index (χ4n) is 1.92. The van der Waals surface area contributed by atoms with Gasteiger partial charge in [-0.25, -0.2) is 0 Å². The molecule has 120 valence electrons. The van der Waals surface area contributed by atoms with Crippen LogP contribution in [0.5, 0.6) is 0 Å². The molecule has 1 heterocycles. The summed E-state index contributed by atoms with van der Waals surface area (Å²) in [5.74, 6) is -1.64. The number of nitrogens with two attached hydrogens (primary N) is 1. The lowest BCUT2D eigenvalue weighted by atomic mass is 10.1. The molecular formula is C16H16N2O4S. The van der Waals surface area contributed by atoms with Crippen LogP contribution >= 0.6 is 11.3 Å². The summed E-state index contributed by atoms with van der Waals surface area (Å²) in [4.78, 5) is 34.7. The lowest BCUT2D eigenvalue weighted by molar-refractivity contribution is -0.146. The van der Waals surface area contributed by atoms with Crippen LogP contribution in [0.2, 0.25) is 0 Å². The van der Waals surface area contributed by atoms with Gasteiger partial charge in [-0.15, -0.1) is 11.3 Å². The molecule has 0 unspecified atom stereocenters. The molecule has 1 aromatic heterocycles. The number of hydrogen-bond donors (Lipinski definition) is 2. The summed E-state index contributed by atoms with van der Waals surface area (Å²) in [6, 6.07) is 8.98. The Labute approximate surface area is 137 Å². The number of carbonyl (C=O) groups excluding carboxylic acids is 3. The van der Waals surface area contributed by atoms with Crippen molar-refractivity contribution in [3.05, 3.63) is 52.4 Å². The average molecular weight is 332 g/mol. The zero-order valence-corrected chi connectivity index (χ0v) is 13.3. The van der Waals surface area contributed by atoms with Gasteiger partial charge in [-0.3, -0.25) is 14.4 Å². The monoisotopic (exact) mass is 332 g/mol. The number of anilines is 1. The van der Waals surface area contributed by atoms with Gasteiger partial charge in [0.2, 0.25) is 0 Å². The maximum Gasteiger partial charge on any atom is 0.310 e. The van der Waals surface area contributed by atoms with Crippen LogP contribution in [0.15, 0.2) is 35.7 Å². The lowest BCUT2D eigenvalue weighted by Crippen LogP contribution is -2.23. The number of thiophene rings is 1. The van der Waals surface area contributed by atoms with E-state index in [9.17, 15) is 14.4 Å². The van der Waals surface area contributed by atoms with Crippen LogP contribution in [-0.2, 0) is 20.7 Å². The van der Waals surface area contributed by atoms with Crippen LogP contribution in [0.4, 0.5) is 5.00 Å². The van der Waals surface area contributed by atoms with Crippen molar-refractivity contribution in [2.45, 2.75) is 13.3 Å². The van der Waals surface area contributed by atoms with Crippen molar-refractivity contribution >= 4 is 34.1 Å². The Kier molecular flexibility index (Phi) is 5.48. The highest BCUT2D eigenvalue weighted by atomic mass is 32.1. The molecular weight excluding hydrogens is 316 g/mol. The van der Waals surface area contributed by atoms with Crippen molar-refractivity contribution < 1.29 is 19.1 Å². The number of ether oxygens (including phenoxy) is 1. The first-order valence-electron chi connectivity index (χ1n) is 6.84. The smallest absolute Gasteiger partial charge is 0.310 e. The summed E-state index contributed by atoms with van der Waals surface area (Å²) in [5, 5.41) is 4.49. The molecule has 2 amide bonds. The minimum atomic E-state index is -0.627. The van der Waals surface area contributed by atoms with Gasteiger partial charge in [-0.1, -0.05) is 24.3 Å². The second-order valence-corrected chi connectivity index (χ2v) is 5.76. The van der Waals surface area contributed by atoms with Crippen molar-refractivity contribution in [3.8, 4) is 0 Å². The Morgan fingerprint density at radius 3 is 2.65 bits per heavy atom. The number of hydrogen-bond acceptors (Lipinski definition) is 5. The topological polar surface area (TPSA) is 98.5 Å². The Morgan fingerprint density at radius 1 is 1.22 bits per heavy atom. The van der Waals surface area contributed by atoms with Crippen LogP contribution in [0.1, 0.15) is 21.5 Å². The molecule has 2 aromatic rings. The van der Waals surface area contributed by atoms with Crippen molar-refractivity contribution in [3.63, 3.8) is 0 Å². The molecule has 6 nitrogen and oxygen atoms in total. The van der Waals surface area contributed by atoms with Gasteiger partial charge in [0.25, 0.3) is 11.8 Å². The van der Waals surface area contributed by atoms with Gasteiger partial charge >= 0.3 is 5.97 Å². The van der Waals surface area contributed by atoms with Crippen molar-refractivity contribution in [2.24, 2.45) is 5.73 Å². The Morgan fingerprint density at radius 2 is 1.96 bits per heavy atom. The maximum absolute atomic E-state index is 11.8. The van der Waals surface area contributed by atoms with Crippen molar-refractivity contribution in [1.82, 2.24) is 0 Å². The number of nitrogens with one attached hydrogen (secondary N) is 1. The van der Waals surface area contributed by atoms with Gasteiger partial charge < -0.3 is 15.8 Å². The molecule has 1 aromatic carbocycles. The highest BCUT2D eigenvalue weighted by molar-refractivity contribution is 7.14. The second kappa shape index (κ2) is 7.55. The van der Waals surface area contributed by atoms with Crippen molar-refractivity contribution in [1.29, 1.82) is 0 Å². The number of carbonyl (C=O) groups is 3. The Hall–Kier alpha value is -2.67. The molecule has 0 aliphatic carbocycles. The van der Waals surface area contributed by atoms with E-state index in [1.807, 2.05) is 31.2 Å². The van der Waals surface area contributed by atoms with Crippen molar-refractivity contribution in [2.75, 3.05) is 11.9 Å². The lowest BCUT2D eigenvalue weighted by Gasteiger charge is -2.07. The van der Waals surface area contributed by atoms with Crippen LogP contribution < -0.4 is 11.1 Å². The standard InChI is InChI=1S/C16H16N2O4S/c1-10-4-2-3-5-11(10)8-14(20)22-9-13(19)18-16-12(15(17)21)6-7-23-16/h2-7H,8-9H2,1H3,(H2,17,21)(H,18,19). The predicted molar refractivity (Wildman–Crippen MR) is 87.3 cm³/mol. The highest BCUT2D eigenvalue weighted by Gasteiger charge is 2.14. The maximum atomic E-state index is 11.8. The normalized spacial score (nSPS) is 10.1. The van der Waals surface area contributed by atoms with E-state index >= 15 is 0 Å². The van der Waals surface area contributed by atoms with Gasteiger partial charge in [0, 0.05) is 0 Å². The third-order valence-electron chi connectivity index (χ3n) is 3.14. The molecule has 2 rings (SSSR count). The molecule has 0 atom stereocenters. The van der Waals surface area contributed by atoms with Crippen LogP contribution in [-0.4, -0.2) is 24.4 Å². The third kappa shape index (κ3) is 4.65. The first kappa shape index (κ1) is 16.7. The molecule has 0 radical (unpaired) electrons.